The molecular formula is C15H18N4OS2. The summed E-state index contributed by atoms with van der Waals surface area (Å²) < 4.78 is 0. The SMILES string of the molecule is Cc1csc2ncnc(N(C)Cc3csc(C(C)(C)O)n3)c12. The van der Waals surface area contributed by atoms with E-state index in [9.17, 15) is 5.11 Å². The Balaban J connectivity index is 1.89. The van der Waals surface area contributed by atoms with Gasteiger partial charge in [-0.3, -0.25) is 0 Å². The van der Waals surface area contributed by atoms with Crippen LogP contribution in [0.3, 0.4) is 0 Å². The van der Waals surface area contributed by atoms with E-state index in [1.165, 1.54) is 16.9 Å². The molecule has 0 radical (unpaired) electrons. The fourth-order valence-corrected chi connectivity index (χ4v) is 3.98. The van der Waals surface area contributed by atoms with Gasteiger partial charge in [0, 0.05) is 12.4 Å². The van der Waals surface area contributed by atoms with E-state index in [-0.39, 0.29) is 0 Å². The van der Waals surface area contributed by atoms with Crippen LogP contribution in [0.2, 0.25) is 0 Å². The molecule has 3 rings (SSSR count). The van der Waals surface area contributed by atoms with Crippen LogP contribution in [0.1, 0.15) is 30.1 Å². The molecule has 1 N–H and O–H groups in total. The highest BCUT2D eigenvalue weighted by Crippen LogP contribution is 2.31. The van der Waals surface area contributed by atoms with Crippen LogP contribution in [0.4, 0.5) is 5.82 Å². The van der Waals surface area contributed by atoms with Gasteiger partial charge in [0.1, 0.15) is 27.6 Å². The first kappa shape index (κ1) is 15.3. The molecule has 5 nitrogen and oxygen atoms in total. The highest BCUT2D eigenvalue weighted by Gasteiger charge is 2.21. The number of anilines is 1. The maximum absolute atomic E-state index is 10.0. The minimum Gasteiger partial charge on any atom is -0.383 e. The first-order valence-electron chi connectivity index (χ1n) is 6.93. The minimum atomic E-state index is -0.895. The summed E-state index contributed by atoms with van der Waals surface area (Å²) in [4.78, 5) is 16.4. The van der Waals surface area contributed by atoms with E-state index in [4.69, 9.17) is 0 Å². The Morgan fingerprint density at radius 2 is 2.00 bits per heavy atom. The summed E-state index contributed by atoms with van der Waals surface area (Å²) in [7, 11) is 2.00. The number of hydrogen-bond donors (Lipinski definition) is 1. The van der Waals surface area contributed by atoms with Crippen molar-refractivity contribution in [3.63, 3.8) is 0 Å². The number of thiazole rings is 1. The molecule has 0 saturated carbocycles. The van der Waals surface area contributed by atoms with Gasteiger partial charge >= 0.3 is 0 Å². The van der Waals surface area contributed by atoms with E-state index in [1.807, 2.05) is 12.4 Å². The fourth-order valence-electron chi connectivity index (χ4n) is 2.27. The van der Waals surface area contributed by atoms with Gasteiger partial charge in [0.2, 0.25) is 0 Å². The van der Waals surface area contributed by atoms with Gasteiger partial charge in [-0.2, -0.15) is 0 Å². The van der Waals surface area contributed by atoms with Crippen molar-refractivity contribution in [1.29, 1.82) is 0 Å². The van der Waals surface area contributed by atoms with Crippen molar-refractivity contribution in [3.8, 4) is 0 Å². The van der Waals surface area contributed by atoms with E-state index < -0.39 is 5.60 Å². The van der Waals surface area contributed by atoms with Gasteiger partial charge in [-0.15, -0.1) is 22.7 Å². The number of nitrogens with zero attached hydrogens (tertiary/aromatic N) is 4. The number of aryl methyl sites for hydroxylation is 1. The molecule has 116 valence electrons. The second-order valence-corrected chi connectivity index (χ2v) is 7.57. The topological polar surface area (TPSA) is 62.1 Å². The van der Waals surface area contributed by atoms with Crippen LogP contribution in [0.15, 0.2) is 17.1 Å². The van der Waals surface area contributed by atoms with Crippen LogP contribution in [0, 0.1) is 6.92 Å². The third kappa shape index (κ3) is 2.84. The summed E-state index contributed by atoms with van der Waals surface area (Å²) >= 11 is 3.12. The molecule has 0 atom stereocenters. The van der Waals surface area contributed by atoms with Crippen molar-refractivity contribution in [2.24, 2.45) is 0 Å². The molecule has 3 aromatic rings. The van der Waals surface area contributed by atoms with Crippen LogP contribution >= 0.6 is 22.7 Å². The summed E-state index contributed by atoms with van der Waals surface area (Å²) in [6, 6.07) is 0. The van der Waals surface area contributed by atoms with E-state index >= 15 is 0 Å². The Morgan fingerprint density at radius 1 is 1.23 bits per heavy atom. The second-order valence-electron chi connectivity index (χ2n) is 5.86. The Bertz CT molecular complexity index is 803. The van der Waals surface area contributed by atoms with Gasteiger partial charge in [0.05, 0.1) is 17.6 Å². The largest absolute Gasteiger partial charge is 0.383 e. The van der Waals surface area contributed by atoms with Crippen molar-refractivity contribution in [3.05, 3.63) is 33.4 Å². The standard InChI is InChI=1S/C15H18N4OS2/c1-9-6-21-13-11(9)12(16-8-17-13)19(4)5-10-7-22-14(18-10)15(2,3)20/h6-8,20H,5H2,1-4H3. The average Bonchev–Trinajstić information content (AvgIpc) is 3.06. The van der Waals surface area contributed by atoms with E-state index in [2.05, 4.69) is 32.2 Å². The van der Waals surface area contributed by atoms with E-state index in [0.29, 0.717) is 6.54 Å². The quantitative estimate of drug-likeness (QED) is 0.793. The summed E-state index contributed by atoms with van der Waals surface area (Å²) in [5.74, 6) is 0.918. The zero-order valence-electron chi connectivity index (χ0n) is 13.0. The molecule has 0 unspecified atom stereocenters. The Hall–Kier alpha value is -1.57. The molecule has 0 amide bonds. The molecule has 0 saturated heterocycles. The lowest BCUT2D eigenvalue weighted by molar-refractivity contribution is 0.0781. The predicted molar refractivity (Wildman–Crippen MR) is 91.6 cm³/mol. The lowest BCUT2D eigenvalue weighted by Gasteiger charge is -2.18. The summed E-state index contributed by atoms with van der Waals surface area (Å²) in [6.45, 7) is 6.23. The van der Waals surface area contributed by atoms with Crippen LogP contribution in [-0.4, -0.2) is 27.1 Å². The smallest absolute Gasteiger partial charge is 0.141 e. The minimum absolute atomic E-state index is 0.647. The average molecular weight is 334 g/mol. The Kier molecular flexibility index (Phi) is 3.88. The van der Waals surface area contributed by atoms with Crippen LogP contribution in [0.25, 0.3) is 10.2 Å². The van der Waals surface area contributed by atoms with Crippen LogP contribution in [0.5, 0.6) is 0 Å². The van der Waals surface area contributed by atoms with Crippen molar-refractivity contribution in [2.75, 3.05) is 11.9 Å². The summed E-state index contributed by atoms with van der Waals surface area (Å²) in [5, 5.41) is 15.9. The lowest BCUT2D eigenvalue weighted by Crippen LogP contribution is -2.19. The van der Waals surface area contributed by atoms with Crippen molar-refractivity contribution >= 4 is 38.7 Å². The molecule has 0 aliphatic heterocycles. The normalized spacial score (nSPS) is 12.0. The number of fused-ring (bicyclic) bond motifs is 1. The Morgan fingerprint density at radius 3 is 2.68 bits per heavy atom. The maximum Gasteiger partial charge on any atom is 0.141 e. The van der Waals surface area contributed by atoms with Gasteiger partial charge in [-0.05, 0) is 31.7 Å². The second kappa shape index (κ2) is 5.57. The summed E-state index contributed by atoms with van der Waals surface area (Å²) in [6.07, 6.45) is 1.60. The highest BCUT2D eigenvalue weighted by atomic mass is 32.1. The number of aliphatic hydroxyl groups is 1. The number of rotatable bonds is 4. The maximum atomic E-state index is 10.0. The molecule has 0 spiro atoms. The zero-order chi connectivity index (χ0) is 15.9. The number of thiophene rings is 1. The third-order valence-corrected chi connectivity index (χ3v) is 5.58. The van der Waals surface area contributed by atoms with Gasteiger partial charge in [-0.25, -0.2) is 15.0 Å². The number of hydrogen-bond acceptors (Lipinski definition) is 7. The first-order chi connectivity index (χ1) is 10.4. The monoisotopic (exact) mass is 334 g/mol. The number of aromatic nitrogens is 3. The predicted octanol–water partition coefficient (Wildman–Crippen LogP) is 3.32. The van der Waals surface area contributed by atoms with Gasteiger partial charge in [0.15, 0.2) is 0 Å². The van der Waals surface area contributed by atoms with Gasteiger partial charge < -0.3 is 10.0 Å². The van der Waals surface area contributed by atoms with Crippen molar-refractivity contribution in [2.45, 2.75) is 32.9 Å². The molecule has 0 fully saturated rings. The van der Waals surface area contributed by atoms with Gasteiger partial charge in [-0.1, -0.05) is 0 Å². The zero-order valence-corrected chi connectivity index (χ0v) is 14.6. The van der Waals surface area contributed by atoms with E-state index in [0.717, 1.165) is 26.7 Å². The molecule has 22 heavy (non-hydrogen) atoms. The first-order valence-corrected chi connectivity index (χ1v) is 8.69. The van der Waals surface area contributed by atoms with Crippen molar-refractivity contribution in [1.82, 2.24) is 15.0 Å². The molecule has 0 aromatic carbocycles. The fraction of sp³-hybridized carbons (Fsp3) is 0.400. The van der Waals surface area contributed by atoms with Crippen LogP contribution in [-0.2, 0) is 12.1 Å². The molecule has 0 aliphatic rings. The Labute approximate surface area is 137 Å². The molecule has 3 aromatic heterocycles. The lowest BCUT2D eigenvalue weighted by atomic mass is 10.1. The van der Waals surface area contributed by atoms with Crippen LogP contribution < -0.4 is 4.90 Å². The molecular weight excluding hydrogens is 316 g/mol. The van der Waals surface area contributed by atoms with E-state index in [1.54, 1.807) is 31.5 Å². The third-order valence-electron chi connectivity index (χ3n) is 3.37. The van der Waals surface area contributed by atoms with Gasteiger partial charge in [0.25, 0.3) is 0 Å². The summed E-state index contributed by atoms with van der Waals surface area (Å²) in [5.41, 5.74) is 1.23. The molecule has 3 heterocycles. The molecule has 0 aliphatic carbocycles. The molecule has 0 bridgehead atoms. The van der Waals surface area contributed by atoms with Crippen molar-refractivity contribution < 1.29 is 5.11 Å². The molecule has 7 heteroatoms. The highest BCUT2D eigenvalue weighted by molar-refractivity contribution is 7.17.